The first-order valence-corrected chi connectivity index (χ1v) is 9.03. The molecule has 142 valence electrons. The molecule has 8 nitrogen and oxygen atoms in total. The quantitative estimate of drug-likeness (QED) is 0.822. The van der Waals surface area contributed by atoms with Gasteiger partial charge in [-0.15, -0.1) is 0 Å². The normalized spacial score (nSPS) is 22.4. The molecular formula is C19H21N3O5. The van der Waals surface area contributed by atoms with Gasteiger partial charge in [-0.1, -0.05) is 12.1 Å². The zero-order chi connectivity index (χ0) is 19.2. The number of benzene rings is 1. The average molecular weight is 371 g/mol. The number of carbonyl (C=O) groups excluding carboxylic acids is 3. The number of nitrogens with zero attached hydrogens (tertiary/aromatic N) is 3. The molecule has 0 aliphatic carbocycles. The molecule has 0 radical (unpaired) electrons. The zero-order valence-corrected chi connectivity index (χ0v) is 15.3. The van der Waals surface area contributed by atoms with Crippen LogP contribution in [0.2, 0.25) is 0 Å². The SMILES string of the molecule is CC1(C)OC(=O)N(CC(=O)N2CCCC(c3nc4ccccc4o3)C2)C1=O. The van der Waals surface area contributed by atoms with E-state index in [1.54, 1.807) is 4.90 Å². The van der Waals surface area contributed by atoms with Crippen molar-refractivity contribution in [2.45, 2.75) is 38.2 Å². The molecule has 1 aromatic carbocycles. The predicted molar refractivity (Wildman–Crippen MR) is 94.8 cm³/mol. The van der Waals surface area contributed by atoms with Crippen LogP contribution in [0, 0.1) is 0 Å². The fraction of sp³-hybridized carbons (Fsp3) is 0.474. The molecule has 2 aliphatic rings. The second-order valence-electron chi connectivity index (χ2n) is 7.47. The first-order chi connectivity index (χ1) is 12.8. The molecule has 27 heavy (non-hydrogen) atoms. The lowest BCUT2D eigenvalue weighted by Crippen LogP contribution is -2.47. The van der Waals surface area contributed by atoms with Crippen molar-refractivity contribution >= 4 is 29.0 Å². The highest BCUT2D eigenvalue weighted by Crippen LogP contribution is 2.29. The number of piperidine rings is 1. The van der Waals surface area contributed by atoms with E-state index in [0.29, 0.717) is 19.0 Å². The highest BCUT2D eigenvalue weighted by molar-refractivity contribution is 6.04. The van der Waals surface area contributed by atoms with Gasteiger partial charge < -0.3 is 14.1 Å². The number of oxazole rings is 1. The number of aromatic nitrogens is 1. The molecule has 2 saturated heterocycles. The van der Waals surface area contributed by atoms with E-state index < -0.39 is 17.6 Å². The first kappa shape index (κ1) is 17.5. The van der Waals surface area contributed by atoms with Crippen LogP contribution in [0.3, 0.4) is 0 Å². The van der Waals surface area contributed by atoms with Gasteiger partial charge in [0.25, 0.3) is 5.91 Å². The number of imide groups is 1. The largest absolute Gasteiger partial charge is 0.440 e. The molecule has 2 fully saturated rings. The van der Waals surface area contributed by atoms with Gasteiger partial charge in [0.05, 0.1) is 5.92 Å². The molecular weight excluding hydrogens is 350 g/mol. The number of likely N-dealkylation sites (tertiary alicyclic amines) is 1. The second-order valence-corrected chi connectivity index (χ2v) is 7.47. The predicted octanol–water partition coefficient (Wildman–Crippen LogP) is 2.29. The Morgan fingerprint density at radius 2 is 2.07 bits per heavy atom. The third kappa shape index (κ3) is 3.15. The summed E-state index contributed by atoms with van der Waals surface area (Å²) < 4.78 is 10.9. The van der Waals surface area contributed by atoms with E-state index >= 15 is 0 Å². The molecule has 0 N–H and O–H groups in total. The number of para-hydroxylation sites is 2. The molecule has 3 amide bonds. The van der Waals surface area contributed by atoms with Crippen LogP contribution in [0.1, 0.15) is 38.5 Å². The van der Waals surface area contributed by atoms with Crippen molar-refractivity contribution in [2.24, 2.45) is 0 Å². The van der Waals surface area contributed by atoms with Crippen molar-refractivity contribution in [2.75, 3.05) is 19.6 Å². The molecule has 0 saturated carbocycles. The minimum Gasteiger partial charge on any atom is -0.440 e. The molecule has 2 aromatic rings. The monoisotopic (exact) mass is 371 g/mol. The number of cyclic esters (lactones) is 1. The van der Waals surface area contributed by atoms with Gasteiger partial charge in [0.15, 0.2) is 17.1 Å². The molecule has 1 atom stereocenters. The van der Waals surface area contributed by atoms with Crippen LogP contribution in [0.5, 0.6) is 0 Å². The topological polar surface area (TPSA) is 92.9 Å². The number of amides is 3. The Bertz CT molecular complexity index is 886. The highest BCUT2D eigenvalue weighted by atomic mass is 16.6. The minimum atomic E-state index is -1.22. The van der Waals surface area contributed by atoms with Gasteiger partial charge in [0.1, 0.15) is 12.1 Å². The van der Waals surface area contributed by atoms with Crippen molar-refractivity contribution in [1.29, 1.82) is 0 Å². The van der Waals surface area contributed by atoms with Crippen LogP contribution in [0.25, 0.3) is 11.1 Å². The summed E-state index contributed by atoms with van der Waals surface area (Å²) in [5.41, 5.74) is 0.298. The Morgan fingerprint density at radius 1 is 1.30 bits per heavy atom. The van der Waals surface area contributed by atoms with Gasteiger partial charge in [-0.05, 0) is 38.8 Å². The highest BCUT2D eigenvalue weighted by Gasteiger charge is 2.48. The summed E-state index contributed by atoms with van der Waals surface area (Å²) in [6.45, 7) is 3.76. The van der Waals surface area contributed by atoms with Crippen LogP contribution in [0.15, 0.2) is 28.7 Å². The third-order valence-corrected chi connectivity index (χ3v) is 5.05. The van der Waals surface area contributed by atoms with E-state index in [9.17, 15) is 14.4 Å². The molecule has 8 heteroatoms. The number of rotatable bonds is 3. The van der Waals surface area contributed by atoms with E-state index in [1.807, 2.05) is 24.3 Å². The molecule has 0 bridgehead atoms. The summed E-state index contributed by atoms with van der Waals surface area (Å²) in [7, 11) is 0. The summed E-state index contributed by atoms with van der Waals surface area (Å²) in [6.07, 6.45) is 0.902. The minimum absolute atomic E-state index is 0.00669. The average Bonchev–Trinajstić information content (AvgIpc) is 3.16. The van der Waals surface area contributed by atoms with E-state index in [-0.39, 0.29) is 18.4 Å². The van der Waals surface area contributed by atoms with Gasteiger partial charge in [-0.2, -0.15) is 0 Å². The Labute approximate surface area is 156 Å². The number of carbonyl (C=O) groups is 3. The fourth-order valence-electron chi connectivity index (χ4n) is 3.57. The lowest BCUT2D eigenvalue weighted by molar-refractivity contribution is -0.140. The van der Waals surface area contributed by atoms with Crippen molar-refractivity contribution in [3.63, 3.8) is 0 Å². The van der Waals surface area contributed by atoms with Gasteiger partial charge in [0, 0.05) is 13.1 Å². The van der Waals surface area contributed by atoms with Gasteiger partial charge >= 0.3 is 6.09 Å². The van der Waals surface area contributed by atoms with E-state index in [1.165, 1.54) is 13.8 Å². The summed E-state index contributed by atoms with van der Waals surface area (Å²) in [5, 5.41) is 0. The van der Waals surface area contributed by atoms with Gasteiger partial charge in [-0.25, -0.2) is 14.7 Å². The van der Waals surface area contributed by atoms with E-state index in [2.05, 4.69) is 4.98 Å². The number of fused-ring (bicyclic) bond motifs is 1. The van der Waals surface area contributed by atoms with Gasteiger partial charge in [-0.3, -0.25) is 9.59 Å². The second kappa shape index (κ2) is 6.37. The smallest absolute Gasteiger partial charge is 0.418 e. The standard InChI is InChI=1S/C19H21N3O5/c1-19(2)17(24)22(18(25)27-19)11-15(23)21-9-5-6-12(10-21)16-20-13-7-3-4-8-14(13)26-16/h3-4,7-8,12H,5-6,9-11H2,1-2H3. The number of ether oxygens (including phenoxy) is 1. The summed E-state index contributed by atoms with van der Waals surface area (Å²) >= 11 is 0. The maximum Gasteiger partial charge on any atom is 0.418 e. The van der Waals surface area contributed by atoms with Crippen molar-refractivity contribution in [3.8, 4) is 0 Å². The molecule has 0 spiro atoms. The third-order valence-electron chi connectivity index (χ3n) is 5.05. The first-order valence-electron chi connectivity index (χ1n) is 9.03. The van der Waals surface area contributed by atoms with Crippen molar-refractivity contribution in [3.05, 3.63) is 30.2 Å². The molecule has 3 heterocycles. The van der Waals surface area contributed by atoms with Crippen LogP contribution in [-0.2, 0) is 14.3 Å². The van der Waals surface area contributed by atoms with Gasteiger partial charge in [0.2, 0.25) is 5.91 Å². The molecule has 2 aliphatic heterocycles. The number of hydrogen-bond donors (Lipinski definition) is 0. The maximum absolute atomic E-state index is 12.7. The summed E-state index contributed by atoms with van der Waals surface area (Å²) in [5.74, 6) is -0.161. The summed E-state index contributed by atoms with van der Waals surface area (Å²) in [4.78, 5) is 43.9. The zero-order valence-electron chi connectivity index (χ0n) is 15.3. The van der Waals surface area contributed by atoms with Crippen LogP contribution >= 0.6 is 0 Å². The van der Waals surface area contributed by atoms with Crippen LogP contribution in [0.4, 0.5) is 4.79 Å². The molecule has 4 rings (SSSR count). The van der Waals surface area contributed by atoms with Crippen LogP contribution < -0.4 is 0 Å². The number of hydrogen-bond acceptors (Lipinski definition) is 6. The fourth-order valence-corrected chi connectivity index (χ4v) is 3.57. The molecule has 1 aromatic heterocycles. The Hall–Kier alpha value is -2.90. The van der Waals surface area contributed by atoms with Crippen LogP contribution in [-0.4, -0.2) is 57.9 Å². The van der Waals surface area contributed by atoms with Crippen molar-refractivity contribution in [1.82, 2.24) is 14.8 Å². The Kier molecular flexibility index (Phi) is 4.13. The van der Waals surface area contributed by atoms with Crippen molar-refractivity contribution < 1.29 is 23.5 Å². The lowest BCUT2D eigenvalue weighted by atomic mass is 9.98. The summed E-state index contributed by atoms with van der Waals surface area (Å²) in [6, 6.07) is 7.55. The van der Waals surface area contributed by atoms with E-state index in [0.717, 1.165) is 28.8 Å². The molecule has 1 unspecified atom stereocenters. The van der Waals surface area contributed by atoms with E-state index in [4.69, 9.17) is 9.15 Å². The lowest BCUT2D eigenvalue weighted by Gasteiger charge is -2.32. The Balaban J connectivity index is 1.45. The Morgan fingerprint density at radius 3 is 2.78 bits per heavy atom. The maximum atomic E-state index is 12.7.